The van der Waals surface area contributed by atoms with Crippen molar-refractivity contribution in [2.75, 3.05) is 0 Å². The van der Waals surface area contributed by atoms with Crippen LogP contribution in [0.5, 0.6) is 0 Å². The van der Waals surface area contributed by atoms with Gasteiger partial charge in [-0.25, -0.2) is 4.98 Å². The number of halogens is 1. The molecule has 0 spiro atoms. The Hall–Kier alpha value is -1.000. The smallest absolute Gasteiger partial charge is 0.171 e. The average molecular weight is 296 g/mol. The molecule has 0 amide bonds. The van der Waals surface area contributed by atoms with Crippen molar-refractivity contribution in [3.05, 3.63) is 39.3 Å². The summed E-state index contributed by atoms with van der Waals surface area (Å²) >= 11 is 4.94. The zero-order valence-electron chi connectivity index (χ0n) is 8.95. The second-order valence-electron chi connectivity index (χ2n) is 3.57. The van der Waals surface area contributed by atoms with Gasteiger partial charge in [0.2, 0.25) is 0 Å². The molecule has 0 unspecified atom stereocenters. The van der Waals surface area contributed by atoms with Crippen molar-refractivity contribution >= 4 is 33.0 Å². The third kappa shape index (κ3) is 2.23. The van der Waals surface area contributed by atoms with Gasteiger partial charge in [-0.2, -0.15) is 0 Å². The number of thiazole rings is 1. The molecule has 0 aliphatic rings. The van der Waals surface area contributed by atoms with Crippen LogP contribution < -0.4 is 0 Å². The lowest BCUT2D eigenvalue weighted by atomic mass is 10.2. The third-order valence-electron chi connectivity index (χ3n) is 2.21. The summed E-state index contributed by atoms with van der Waals surface area (Å²) in [6.07, 6.45) is 1.63. The second kappa shape index (κ2) is 4.47. The lowest BCUT2D eigenvalue weighted by Gasteiger charge is -2.01. The number of rotatable bonds is 2. The molecule has 2 nitrogen and oxygen atoms in total. The molecule has 0 fully saturated rings. The first kappa shape index (κ1) is 11.5. The number of aromatic nitrogens is 1. The first-order chi connectivity index (χ1) is 7.58. The van der Waals surface area contributed by atoms with Gasteiger partial charge in [-0.15, -0.1) is 11.3 Å². The Morgan fingerprint density at radius 3 is 2.75 bits per heavy atom. The number of hydrogen-bond acceptors (Lipinski definition) is 3. The standard InChI is InChI=1S/C12H10BrNOS/c1-7-3-4-9(10(13)5-7)12-14-6-11(16-12)8(2)15/h3-6H,1-2H3. The predicted molar refractivity (Wildman–Crippen MR) is 70.0 cm³/mol. The van der Waals surface area contributed by atoms with Crippen LogP contribution in [-0.4, -0.2) is 10.8 Å². The van der Waals surface area contributed by atoms with E-state index in [2.05, 4.69) is 20.9 Å². The zero-order valence-corrected chi connectivity index (χ0v) is 11.4. The Bertz CT molecular complexity index is 548. The van der Waals surface area contributed by atoms with Gasteiger partial charge < -0.3 is 0 Å². The minimum absolute atomic E-state index is 0.0620. The average Bonchev–Trinajstić information content (AvgIpc) is 2.66. The molecule has 1 aromatic carbocycles. The number of Topliss-reactive ketones (excluding diaryl/α,β-unsaturated/α-hetero) is 1. The normalized spacial score (nSPS) is 10.4. The summed E-state index contributed by atoms with van der Waals surface area (Å²) in [4.78, 5) is 16.2. The van der Waals surface area contributed by atoms with Crippen molar-refractivity contribution in [2.24, 2.45) is 0 Å². The van der Waals surface area contributed by atoms with Crippen LogP contribution in [0, 0.1) is 6.92 Å². The maximum absolute atomic E-state index is 11.2. The highest BCUT2D eigenvalue weighted by Gasteiger charge is 2.10. The van der Waals surface area contributed by atoms with Crippen LogP contribution in [0.3, 0.4) is 0 Å². The number of ketones is 1. The fourth-order valence-electron chi connectivity index (χ4n) is 1.35. The molecule has 0 N–H and O–H groups in total. The van der Waals surface area contributed by atoms with E-state index in [-0.39, 0.29) is 5.78 Å². The minimum Gasteiger partial charge on any atom is -0.294 e. The Morgan fingerprint density at radius 2 is 2.19 bits per heavy atom. The number of carbonyl (C=O) groups is 1. The summed E-state index contributed by atoms with van der Waals surface area (Å²) in [6, 6.07) is 6.10. The monoisotopic (exact) mass is 295 g/mol. The van der Waals surface area contributed by atoms with E-state index in [1.54, 1.807) is 13.1 Å². The molecule has 1 heterocycles. The minimum atomic E-state index is 0.0620. The Morgan fingerprint density at radius 1 is 1.44 bits per heavy atom. The van der Waals surface area contributed by atoms with Crippen molar-refractivity contribution in [1.29, 1.82) is 0 Å². The molecule has 0 aliphatic carbocycles. The highest BCUT2D eigenvalue weighted by molar-refractivity contribution is 9.10. The van der Waals surface area contributed by atoms with Crippen molar-refractivity contribution in [2.45, 2.75) is 13.8 Å². The summed E-state index contributed by atoms with van der Waals surface area (Å²) in [7, 11) is 0. The molecule has 82 valence electrons. The van der Waals surface area contributed by atoms with Gasteiger partial charge >= 0.3 is 0 Å². The van der Waals surface area contributed by atoms with Gasteiger partial charge in [-0.05, 0) is 18.6 Å². The first-order valence-electron chi connectivity index (χ1n) is 4.81. The van der Waals surface area contributed by atoms with Crippen LogP contribution in [0.15, 0.2) is 28.9 Å². The van der Waals surface area contributed by atoms with E-state index in [1.807, 2.05) is 25.1 Å². The van der Waals surface area contributed by atoms with Gasteiger partial charge in [0.25, 0.3) is 0 Å². The van der Waals surface area contributed by atoms with Gasteiger partial charge in [-0.1, -0.05) is 28.1 Å². The summed E-state index contributed by atoms with van der Waals surface area (Å²) in [5, 5.41) is 0.872. The van der Waals surface area contributed by atoms with Gasteiger partial charge in [-0.3, -0.25) is 4.79 Å². The maximum Gasteiger partial charge on any atom is 0.171 e. The van der Waals surface area contributed by atoms with Gasteiger partial charge in [0.05, 0.1) is 4.88 Å². The number of hydrogen-bond donors (Lipinski definition) is 0. The van der Waals surface area contributed by atoms with Gasteiger partial charge in [0, 0.05) is 23.2 Å². The van der Waals surface area contributed by atoms with Crippen molar-refractivity contribution in [1.82, 2.24) is 4.98 Å². The molecule has 1 aromatic heterocycles. The van der Waals surface area contributed by atoms with Crippen LogP contribution in [0.25, 0.3) is 10.6 Å². The van der Waals surface area contributed by atoms with Crippen LogP contribution in [0.4, 0.5) is 0 Å². The molecule has 2 rings (SSSR count). The molecule has 0 saturated heterocycles. The fourth-order valence-corrected chi connectivity index (χ4v) is 3.02. The maximum atomic E-state index is 11.2. The molecular weight excluding hydrogens is 286 g/mol. The Labute approximate surface area is 106 Å². The molecule has 0 aliphatic heterocycles. The quantitative estimate of drug-likeness (QED) is 0.781. The van der Waals surface area contributed by atoms with E-state index in [1.165, 1.54) is 16.9 Å². The highest BCUT2D eigenvalue weighted by Crippen LogP contribution is 2.32. The van der Waals surface area contributed by atoms with Gasteiger partial charge in [0.15, 0.2) is 5.78 Å². The Kier molecular flexibility index (Phi) is 3.21. The van der Waals surface area contributed by atoms with E-state index in [4.69, 9.17) is 0 Å². The molecule has 16 heavy (non-hydrogen) atoms. The molecule has 0 radical (unpaired) electrons. The predicted octanol–water partition coefficient (Wildman–Crippen LogP) is 4.08. The molecular formula is C12H10BrNOS. The number of benzene rings is 1. The van der Waals surface area contributed by atoms with E-state index < -0.39 is 0 Å². The highest BCUT2D eigenvalue weighted by atomic mass is 79.9. The van der Waals surface area contributed by atoms with Gasteiger partial charge in [0.1, 0.15) is 5.01 Å². The third-order valence-corrected chi connectivity index (χ3v) is 4.00. The first-order valence-corrected chi connectivity index (χ1v) is 6.42. The molecule has 2 aromatic rings. The van der Waals surface area contributed by atoms with Crippen molar-refractivity contribution in [3.8, 4) is 10.6 Å². The Balaban J connectivity index is 2.46. The summed E-state index contributed by atoms with van der Waals surface area (Å²) in [6.45, 7) is 3.60. The summed E-state index contributed by atoms with van der Waals surface area (Å²) < 4.78 is 1.01. The second-order valence-corrected chi connectivity index (χ2v) is 5.45. The topological polar surface area (TPSA) is 30.0 Å². The number of carbonyl (C=O) groups excluding carboxylic acids is 1. The lowest BCUT2D eigenvalue weighted by Crippen LogP contribution is -1.83. The SMILES string of the molecule is CC(=O)c1cnc(-c2ccc(C)cc2Br)s1. The summed E-state index contributed by atoms with van der Waals surface area (Å²) in [5.74, 6) is 0.0620. The van der Waals surface area contributed by atoms with E-state index in [0.29, 0.717) is 4.88 Å². The lowest BCUT2D eigenvalue weighted by molar-refractivity contribution is 0.102. The molecule has 0 atom stereocenters. The van der Waals surface area contributed by atoms with Crippen LogP contribution in [-0.2, 0) is 0 Å². The zero-order chi connectivity index (χ0) is 11.7. The van der Waals surface area contributed by atoms with Crippen LogP contribution in [0.2, 0.25) is 0 Å². The summed E-state index contributed by atoms with van der Waals surface area (Å²) in [5.41, 5.74) is 2.22. The number of nitrogens with zero attached hydrogens (tertiary/aromatic N) is 1. The molecule has 0 bridgehead atoms. The van der Waals surface area contributed by atoms with E-state index in [0.717, 1.165) is 15.0 Å². The molecule has 0 saturated carbocycles. The van der Waals surface area contributed by atoms with Crippen molar-refractivity contribution in [3.63, 3.8) is 0 Å². The number of aryl methyl sites for hydroxylation is 1. The van der Waals surface area contributed by atoms with Crippen LogP contribution in [0.1, 0.15) is 22.2 Å². The van der Waals surface area contributed by atoms with Crippen LogP contribution >= 0.6 is 27.3 Å². The molecule has 4 heteroatoms. The fraction of sp³-hybridized carbons (Fsp3) is 0.167. The van der Waals surface area contributed by atoms with Crippen molar-refractivity contribution < 1.29 is 4.79 Å². The largest absolute Gasteiger partial charge is 0.294 e. The van der Waals surface area contributed by atoms with E-state index >= 15 is 0 Å². The van der Waals surface area contributed by atoms with E-state index in [9.17, 15) is 4.79 Å².